The highest BCUT2D eigenvalue weighted by Crippen LogP contribution is 2.38. The molecule has 0 radical (unpaired) electrons. The van der Waals surface area contributed by atoms with E-state index in [1.807, 2.05) is 18.2 Å². The Balaban J connectivity index is 2.77. The van der Waals surface area contributed by atoms with Crippen LogP contribution in [-0.4, -0.2) is 9.79 Å². The second-order valence-electron chi connectivity index (χ2n) is 2.18. The van der Waals surface area contributed by atoms with Gasteiger partial charge < -0.3 is 15.5 Å². The summed E-state index contributed by atoms with van der Waals surface area (Å²) in [5.74, 6) is -0.647. The third-order valence-electron chi connectivity index (χ3n) is 1.39. The summed E-state index contributed by atoms with van der Waals surface area (Å²) in [4.78, 5) is 17.5. The maximum atomic E-state index is 8.77. The summed E-state index contributed by atoms with van der Waals surface area (Å²) < 4.78 is 0. The highest BCUT2D eigenvalue weighted by atomic mass is 31.2. The second kappa shape index (κ2) is 3.79. The van der Waals surface area contributed by atoms with Gasteiger partial charge in [0.15, 0.2) is 8.38 Å². The highest BCUT2D eigenvalue weighted by Gasteiger charge is 2.13. The summed E-state index contributed by atoms with van der Waals surface area (Å²) in [6, 6.07) is 9.02. The van der Waals surface area contributed by atoms with Gasteiger partial charge >= 0.3 is 0 Å². The van der Waals surface area contributed by atoms with Crippen molar-refractivity contribution < 1.29 is 9.79 Å². The van der Waals surface area contributed by atoms with Crippen LogP contribution in [0.1, 0.15) is 11.3 Å². The van der Waals surface area contributed by atoms with Crippen LogP contribution in [0.15, 0.2) is 30.3 Å². The first kappa shape index (κ1) is 8.62. The quantitative estimate of drug-likeness (QED) is 0.580. The predicted octanol–water partition coefficient (Wildman–Crippen LogP) is 0.940. The molecule has 0 spiro atoms. The van der Waals surface area contributed by atoms with E-state index in [-0.39, 0.29) is 0 Å². The van der Waals surface area contributed by atoms with Gasteiger partial charge in [0.25, 0.3) is 0 Å². The molecule has 0 fully saturated rings. The summed E-state index contributed by atoms with van der Waals surface area (Å²) >= 11 is 0. The van der Waals surface area contributed by atoms with E-state index in [1.165, 1.54) is 0 Å². The van der Waals surface area contributed by atoms with Crippen LogP contribution in [0, 0.1) is 0 Å². The van der Waals surface area contributed by atoms with Crippen LogP contribution in [0.3, 0.4) is 0 Å². The standard InChI is InChI=1S/C7H10NO2P/c8-7(11(9)10)6-4-2-1-3-5-6/h1-5,7,9-10H,8H2/t7-/m0/s1. The van der Waals surface area contributed by atoms with Gasteiger partial charge in [0.05, 0.1) is 0 Å². The molecule has 0 aliphatic carbocycles. The lowest BCUT2D eigenvalue weighted by atomic mass is 10.2. The van der Waals surface area contributed by atoms with E-state index >= 15 is 0 Å². The van der Waals surface area contributed by atoms with Gasteiger partial charge in [-0.1, -0.05) is 30.3 Å². The van der Waals surface area contributed by atoms with Gasteiger partial charge in [-0.25, -0.2) is 0 Å². The van der Waals surface area contributed by atoms with E-state index in [2.05, 4.69) is 0 Å². The molecule has 0 heterocycles. The molecule has 3 nitrogen and oxygen atoms in total. The molecular weight excluding hydrogens is 161 g/mol. The Morgan fingerprint density at radius 3 is 2.18 bits per heavy atom. The van der Waals surface area contributed by atoms with Crippen LogP contribution >= 0.6 is 8.38 Å². The van der Waals surface area contributed by atoms with Crippen molar-refractivity contribution in [2.45, 2.75) is 5.78 Å². The number of rotatable bonds is 2. The monoisotopic (exact) mass is 171 g/mol. The zero-order valence-corrected chi connectivity index (χ0v) is 6.78. The summed E-state index contributed by atoms with van der Waals surface area (Å²) in [6.45, 7) is 0. The average Bonchev–Trinajstić information content (AvgIpc) is 2.05. The van der Waals surface area contributed by atoms with Crippen LogP contribution in [0.5, 0.6) is 0 Å². The van der Waals surface area contributed by atoms with Gasteiger partial charge in [0.2, 0.25) is 0 Å². The second-order valence-corrected chi connectivity index (χ2v) is 3.37. The fourth-order valence-corrected chi connectivity index (χ4v) is 1.22. The van der Waals surface area contributed by atoms with Gasteiger partial charge in [-0.15, -0.1) is 0 Å². The molecule has 1 rings (SSSR count). The molecule has 11 heavy (non-hydrogen) atoms. The minimum Gasteiger partial charge on any atom is -0.349 e. The van der Waals surface area contributed by atoms with Crippen molar-refractivity contribution in [3.63, 3.8) is 0 Å². The van der Waals surface area contributed by atoms with E-state index < -0.39 is 14.2 Å². The fraction of sp³-hybridized carbons (Fsp3) is 0.143. The van der Waals surface area contributed by atoms with Gasteiger partial charge in [0.1, 0.15) is 5.78 Å². The van der Waals surface area contributed by atoms with Crippen LogP contribution in [0.4, 0.5) is 0 Å². The van der Waals surface area contributed by atoms with Gasteiger partial charge in [0, 0.05) is 0 Å². The van der Waals surface area contributed by atoms with Crippen LogP contribution in [-0.2, 0) is 0 Å². The first-order valence-corrected chi connectivity index (χ1v) is 4.51. The molecule has 0 saturated carbocycles. The van der Waals surface area contributed by atoms with Crippen molar-refractivity contribution in [2.75, 3.05) is 0 Å². The molecule has 0 aromatic heterocycles. The zero-order chi connectivity index (χ0) is 8.27. The summed E-state index contributed by atoms with van der Waals surface area (Å²) in [6.07, 6.45) is 0. The first-order chi connectivity index (χ1) is 5.22. The summed E-state index contributed by atoms with van der Waals surface area (Å²) in [5, 5.41) is 0. The van der Waals surface area contributed by atoms with Crippen molar-refractivity contribution >= 4 is 8.38 Å². The fourth-order valence-electron chi connectivity index (χ4n) is 0.784. The van der Waals surface area contributed by atoms with Crippen LogP contribution in [0.25, 0.3) is 0 Å². The molecule has 4 N–H and O–H groups in total. The zero-order valence-electron chi connectivity index (χ0n) is 5.88. The molecule has 0 amide bonds. The van der Waals surface area contributed by atoms with Crippen molar-refractivity contribution in [3.05, 3.63) is 35.9 Å². The molecule has 0 bridgehead atoms. The maximum Gasteiger partial charge on any atom is 0.187 e. The van der Waals surface area contributed by atoms with Gasteiger partial charge in [-0.2, -0.15) is 0 Å². The third-order valence-corrected chi connectivity index (χ3v) is 2.19. The van der Waals surface area contributed by atoms with E-state index in [9.17, 15) is 0 Å². The number of benzene rings is 1. The Labute approximate surface area is 66.4 Å². The van der Waals surface area contributed by atoms with Crippen molar-refractivity contribution in [3.8, 4) is 0 Å². The smallest absolute Gasteiger partial charge is 0.187 e. The molecule has 1 aromatic carbocycles. The van der Waals surface area contributed by atoms with Gasteiger partial charge in [-0.05, 0) is 5.56 Å². The number of nitrogens with two attached hydrogens (primary N) is 1. The Morgan fingerprint density at radius 1 is 1.18 bits per heavy atom. The average molecular weight is 171 g/mol. The topological polar surface area (TPSA) is 66.5 Å². The van der Waals surface area contributed by atoms with Crippen LogP contribution < -0.4 is 5.73 Å². The van der Waals surface area contributed by atoms with Crippen molar-refractivity contribution in [1.29, 1.82) is 0 Å². The summed E-state index contributed by atoms with van der Waals surface area (Å²) in [7, 11) is -2.06. The lowest BCUT2D eigenvalue weighted by Gasteiger charge is -2.11. The molecule has 60 valence electrons. The Hall–Kier alpha value is -0.470. The van der Waals surface area contributed by atoms with Crippen molar-refractivity contribution in [2.24, 2.45) is 5.73 Å². The molecule has 1 atom stereocenters. The van der Waals surface area contributed by atoms with E-state index in [0.717, 1.165) is 5.56 Å². The molecule has 1 aromatic rings. The van der Waals surface area contributed by atoms with E-state index in [1.54, 1.807) is 12.1 Å². The first-order valence-electron chi connectivity index (χ1n) is 3.19. The van der Waals surface area contributed by atoms with Gasteiger partial charge in [-0.3, -0.25) is 0 Å². The minimum atomic E-state index is -2.06. The third kappa shape index (κ3) is 2.24. The minimum absolute atomic E-state index is 0.647. The Bertz CT molecular complexity index is 215. The largest absolute Gasteiger partial charge is 0.349 e. The molecular formula is C7H10NO2P. The number of hydrogen-bond donors (Lipinski definition) is 3. The summed E-state index contributed by atoms with van der Waals surface area (Å²) in [5.41, 5.74) is 6.22. The maximum absolute atomic E-state index is 8.77. The predicted molar refractivity (Wildman–Crippen MR) is 44.7 cm³/mol. The molecule has 0 aliphatic rings. The Kier molecular flexibility index (Phi) is 2.97. The molecule has 0 saturated heterocycles. The van der Waals surface area contributed by atoms with E-state index in [0.29, 0.717) is 0 Å². The molecule has 0 aliphatic heterocycles. The highest BCUT2D eigenvalue weighted by molar-refractivity contribution is 7.45. The molecule has 4 heteroatoms. The normalized spacial score (nSPS) is 13.5. The van der Waals surface area contributed by atoms with Crippen molar-refractivity contribution in [1.82, 2.24) is 0 Å². The van der Waals surface area contributed by atoms with Crippen LogP contribution in [0.2, 0.25) is 0 Å². The lowest BCUT2D eigenvalue weighted by Crippen LogP contribution is -2.07. The number of hydrogen-bond acceptors (Lipinski definition) is 3. The lowest BCUT2D eigenvalue weighted by molar-refractivity contribution is 0.467. The molecule has 0 unspecified atom stereocenters. The SMILES string of the molecule is N[C@H](c1ccccc1)P(O)O. The van der Waals surface area contributed by atoms with E-state index in [4.69, 9.17) is 15.5 Å². The Morgan fingerprint density at radius 2 is 1.73 bits per heavy atom.